The number of hydrogen-bond donors (Lipinski definition) is 0. The van der Waals surface area contributed by atoms with Gasteiger partial charge in [-0.3, -0.25) is 4.79 Å². The Labute approximate surface area is 113 Å². The van der Waals surface area contributed by atoms with E-state index in [1.807, 2.05) is 18.2 Å². The first-order valence-corrected chi connectivity index (χ1v) is 7.79. The molecule has 0 aliphatic heterocycles. The van der Waals surface area contributed by atoms with Gasteiger partial charge in [0.05, 0.1) is 0 Å². The Morgan fingerprint density at radius 3 is 2.29 bits per heavy atom. The van der Waals surface area contributed by atoms with Crippen LogP contribution in [0.1, 0.15) is 27.7 Å². The highest BCUT2D eigenvalue weighted by molar-refractivity contribution is 5.67. The lowest BCUT2D eigenvalue weighted by Crippen LogP contribution is -3.59. The lowest BCUT2D eigenvalue weighted by molar-refractivity contribution is -0.559. The smallest absolute Gasteiger partial charge is 0.353 e. The second-order valence-corrected chi connectivity index (χ2v) is 7.21. The second-order valence-electron chi connectivity index (χ2n) is 4.72. The van der Waals surface area contributed by atoms with Crippen molar-refractivity contribution in [3.05, 3.63) is 43.7 Å². The van der Waals surface area contributed by atoms with E-state index >= 15 is 0 Å². The van der Waals surface area contributed by atoms with Crippen molar-refractivity contribution in [2.75, 3.05) is 0 Å². The molecule has 0 bridgehead atoms. The first-order chi connectivity index (χ1) is 7.89. The van der Waals surface area contributed by atoms with Crippen LogP contribution >= 0.6 is 0 Å². The molecular formula is C14H18IO2+. The van der Waals surface area contributed by atoms with Gasteiger partial charge in [0.25, 0.3) is 0 Å². The predicted octanol–water partition coefficient (Wildman–Crippen LogP) is 0.396. The zero-order chi connectivity index (χ0) is 12.9. The summed E-state index contributed by atoms with van der Waals surface area (Å²) in [6, 6.07) is 10.3. The van der Waals surface area contributed by atoms with Crippen molar-refractivity contribution < 1.29 is 30.7 Å². The van der Waals surface area contributed by atoms with E-state index in [0.717, 1.165) is 5.76 Å². The van der Waals surface area contributed by atoms with E-state index in [9.17, 15) is 4.79 Å². The van der Waals surface area contributed by atoms with E-state index in [-0.39, 0.29) is 32.6 Å². The van der Waals surface area contributed by atoms with Gasteiger partial charge in [0.1, 0.15) is 0 Å². The number of halogens is 1. The summed E-state index contributed by atoms with van der Waals surface area (Å²) < 4.78 is 8.70. The molecule has 1 aromatic carbocycles. The third-order valence-electron chi connectivity index (χ3n) is 2.01. The summed E-state index contributed by atoms with van der Waals surface area (Å²) >= 11 is -0.251. The number of benzene rings is 1. The summed E-state index contributed by atoms with van der Waals surface area (Å²) in [5.41, 5.74) is -0.125. The topological polar surface area (TPSA) is 26.3 Å². The van der Waals surface area contributed by atoms with Crippen molar-refractivity contribution in [2.24, 2.45) is 5.41 Å². The fourth-order valence-corrected chi connectivity index (χ4v) is 3.63. The second kappa shape index (κ2) is 6.19. The number of hydrogen-bond acceptors (Lipinski definition) is 2. The minimum absolute atomic E-state index is 0.125. The molecule has 2 nitrogen and oxygen atoms in total. The van der Waals surface area contributed by atoms with Crippen molar-refractivity contribution in [1.82, 2.24) is 0 Å². The highest BCUT2D eigenvalue weighted by Crippen LogP contribution is 2.24. The summed E-state index contributed by atoms with van der Waals surface area (Å²) in [6.45, 7) is 7.60. The molecule has 0 atom stereocenters. The summed E-state index contributed by atoms with van der Waals surface area (Å²) in [7, 11) is 0. The molecule has 0 radical (unpaired) electrons. The number of carbonyl (C=O) groups is 1. The molecule has 0 amide bonds. The van der Waals surface area contributed by atoms with Crippen LogP contribution in [0.2, 0.25) is 0 Å². The van der Waals surface area contributed by atoms with E-state index in [1.54, 1.807) is 0 Å². The van der Waals surface area contributed by atoms with Crippen LogP contribution in [-0.2, 0) is 9.53 Å². The minimum Gasteiger partial charge on any atom is -0.427 e. The molecule has 1 rings (SSSR count). The molecule has 0 aliphatic rings. The maximum Gasteiger partial charge on any atom is 0.353 e. The highest BCUT2D eigenvalue weighted by atomic mass is 127. The van der Waals surface area contributed by atoms with E-state index in [2.05, 4.69) is 37.0 Å². The van der Waals surface area contributed by atoms with Crippen LogP contribution in [0.3, 0.4) is 0 Å². The van der Waals surface area contributed by atoms with Crippen LogP contribution in [0.4, 0.5) is 0 Å². The average Bonchev–Trinajstić information content (AvgIpc) is 2.23. The summed E-state index contributed by atoms with van der Waals surface area (Å²) in [5.74, 6) is 0.532. The lowest BCUT2D eigenvalue weighted by Gasteiger charge is -2.19. The van der Waals surface area contributed by atoms with Crippen molar-refractivity contribution in [2.45, 2.75) is 27.7 Å². The zero-order valence-electron chi connectivity index (χ0n) is 10.7. The normalized spacial score (nSPS) is 12.4. The Kier molecular flexibility index (Phi) is 5.18. The number of rotatable bonds is 3. The Morgan fingerprint density at radius 1 is 1.24 bits per heavy atom. The predicted molar refractivity (Wildman–Crippen MR) is 64.4 cm³/mol. The first-order valence-electron chi connectivity index (χ1n) is 5.47. The number of ether oxygens (including phenoxy) is 1. The van der Waals surface area contributed by atoms with E-state index < -0.39 is 0 Å². The summed E-state index contributed by atoms with van der Waals surface area (Å²) in [6.07, 6.45) is 0. The molecule has 0 N–H and O–H groups in total. The fourth-order valence-electron chi connectivity index (χ4n) is 1.09. The van der Waals surface area contributed by atoms with Crippen molar-refractivity contribution in [3.8, 4) is 0 Å². The number of esters is 1. The molecule has 0 saturated carbocycles. The maximum atomic E-state index is 11.1. The molecule has 0 heterocycles. The maximum absolute atomic E-state index is 11.1. The molecule has 92 valence electrons. The molecule has 17 heavy (non-hydrogen) atoms. The van der Waals surface area contributed by atoms with Gasteiger partial charge in [0.2, 0.25) is 0 Å². The Bertz CT molecular complexity index is 402. The van der Waals surface area contributed by atoms with Crippen LogP contribution in [0, 0.1) is 8.99 Å². The third-order valence-corrected chi connectivity index (χ3v) is 4.32. The van der Waals surface area contributed by atoms with Gasteiger partial charge in [-0.25, -0.2) is 0 Å². The monoisotopic (exact) mass is 345 g/mol. The van der Waals surface area contributed by atoms with Crippen molar-refractivity contribution in [1.29, 1.82) is 0 Å². The Balaban J connectivity index is 2.80. The van der Waals surface area contributed by atoms with Crippen LogP contribution in [0.5, 0.6) is 0 Å². The first kappa shape index (κ1) is 14.2. The van der Waals surface area contributed by atoms with Gasteiger partial charge in [-0.05, 0) is 12.1 Å². The molecule has 0 aromatic heterocycles. The number of carbonyl (C=O) groups excluding carboxylic acids is 1. The van der Waals surface area contributed by atoms with E-state index in [0.29, 0.717) is 0 Å². The molecule has 0 spiro atoms. The standard InChI is InChI=1S/C14H18IO2/c1-11(16)17-13(14(2,3)4)10-15-12-8-6-5-7-9-12/h5-10H,1-4H3/q+1/b13-10-. The van der Waals surface area contributed by atoms with Crippen LogP contribution in [0.15, 0.2) is 40.2 Å². The molecule has 1 aromatic rings. The molecular weight excluding hydrogens is 327 g/mol. The van der Waals surface area contributed by atoms with Gasteiger partial charge in [-0.2, -0.15) is 0 Å². The summed E-state index contributed by atoms with van der Waals surface area (Å²) in [4.78, 5) is 11.1. The van der Waals surface area contributed by atoms with Gasteiger partial charge in [-0.1, -0.05) is 39.0 Å². The van der Waals surface area contributed by atoms with E-state index in [1.165, 1.54) is 10.5 Å². The molecule has 0 saturated heterocycles. The van der Waals surface area contributed by atoms with Crippen LogP contribution in [-0.4, -0.2) is 5.97 Å². The molecule has 0 aliphatic carbocycles. The van der Waals surface area contributed by atoms with Crippen LogP contribution in [0.25, 0.3) is 0 Å². The van der Waals surface area contributed by atoms with Crippen molar-refractivity contribution >= 4 is 5.97 Å². The number of allylic oxidation sites excluding steroid dienone is 1. The zero-order valence-corrected chi connectivity index (χ0v) is 12.8. The van der Waals surface area contributed by atoms with Gasteiger partial charge in [0, 0.05) is 12.3 Å². The molecule has 0 fully saturated rings. The SMILES string of the molecule is CC(=O)O/C(=C\[I+]c1ccccc1)C(C)(C)C. The third kappa shape index (κ3) is 5.35. The summed E-state index contributed by atoms with van der Waals surface area (Å²) in [5, 5.41) is 0. The van der Waals surface area contributed by atoms with Gasteiger partial charge < -0.3 is 4.74 Å². The van der Waals surface area contributed by atoms with E-state index in [4.69, 9.17) is 4.74 Å². The molecule has 3 heteroatoms. The van der Waals surface area contributed by atoms with Gasteiger partial charge in [0.15, 0.2) is 13.4 Å². The minimum atomic E-state index is -0.251. The fraction of sp³-hybridized carbons (Fsp3) is 0.357. The average molecular weight is 345 g/mol. The lowest BCUT2D eigenvalue weighted by atomic mass is 9.95. The molecule has 0 unspecified atom stereocenters. The Morgan fingerprint density at radius 2 is 1.82 bits per heavy atom. The highest BCUT2D eigenvalue weighted by Gasteiger charge is 2.24. The van der Waals surface area contributed by atoms with Gasteiger partial charge >= 0.3 is 27.2 Å². The van der Waals surface area contributed by atoms with Gasteiger partial charge in [-0.15, -0.1) is 0 Å². The quantitative estimate of drug-likeness (QED) is 0.450. The largest absolute Gasteiger partial charge is 0.427 e. The van der Waals surface area contributed by atoms with Crippen LogP contribution < -0.4 is 21.2 Å². The Hall–Kier alpha value is -0.840. The van der Waals surface area contributed by atoms with Crippen molar-refractivity contribution in [3.63, 3.8) is 0 Å².